The van der Waals surface area contributed by atoms with Crippen molar-refractivity contribution in [1.82, 2.24) is 0 Å². The van der Waals surface area contributed by atoms with Gasteiger partial charge in [0, 0.05) is 23.7 Å². The van der Waals surface area contributed by atoms with E-state index in [-0.39, 0.29) is 37.2 Å². The number of rotatable bonds is 8. The number of esters is 2. The van der Waals surface area contributed by atoms with E-state index < -0.39 is 123 Å². The number of fused-ring (bicyclic) bond motifs is 2. The van der Waals surface area contributed by atoms with Gasteiger partial charge in [-0.15, -0.1) is 13.2 Å². The van der Waals surface area contributed by atoms with E-state index in [2.05, 4.69) is 13.2 Å². The van der Waals surface area contributed by atoms with Gasteiger partial charge in [-0.1, -0.05) is 12.2 Å². The van der Waals surface area contributed by atoms with E-state index >= 15 is 0 Å². The van der Waals surface area contributed by atoms with E-state index in [1.54, 1.807) is 0 Å². The van der Waals surface area contributed by atoms with E-state index in [0.717, 1.165) is 12.5 Å². The second-order valence-electron chi connectivity index (χ2n) is 12.5. The summed E-state index contributed by atoms with van der Waals surface area (Å²) < 4.78 is 45.1. The third-order valence-electron chi connectivity index (χ3n) is 9.59. The van der Waals surface area contributed by atoms with Gasteiger partial charge in [0.1, 0.15) is 48.8 Å². The van der Waals surface area contributed by atoms with Gasteiger partial charge in [0.25, 0.3) is 0 Å². The van der Waals surface area contributed by atoms with Gasteiger partial charge in [-0.25, -0.2) is 9.59 Å². The van der Waals surface area contributed by atoms with Crippen LogP contribution in [0.15, 0.2) is 49.0 Å². The molecule has 5 heterocycles. The SMILES string of the molecule is C=C[C@H]1[C@H](O[C@@H]2O[C@H](CO)[C@@H](O)[C@H](O)[C@H]2O)OC=C2C(=O)OCC[C@@H]3C(=CO[C@@H](O[C@@H]4O[C@H](CO)[C@@H](O)[C@H](O)[C@H]4O)[C@@H]3C=C)C(=O)OCC[C@H]21. The Hall–Kier alpha value is -2.98. The number of aliphatic hydroxyl groups is 8. The zero-order valence-corrected chi connectivity index (χ0v) is 26.9. The monoisotopic (exact) mass is 716 g/mol. The predicted octanol–water partition coefficient (Wildman–Crippen LogP) is -3.18. The molecule has 0 amide bonds. The maximum Gasteiger partial charge on any atom is 0.337 e. The molecule has 50 heavy (non-hydrogen) atoms. The van der Waals surface area contributed by atoms with Gasteiger partial charge in [-0.2, -0.15) is 0 Å². The highest BCUT2D eigenvalue weighted by Gasteiger charge is 2.49. The summed E-state index contributed by atoms with van der Waals surface area (Å²) in [6.07, 6.45) is -12.8. The van der Waals surface area contributed by atoms with Crippen molar-refractivity contribution >= 4 is 11.9 Å². The molecule has 0 saturated carbocycles. The Bertz CT molecular complexity index is 1190. The van der Waals surface area contributed by atoms with E-state index in [9.17, 15) is 50.4 Å². The third-order valence-corrected chi connectivity index (χ3v) is 9.59. The highest BCUT2D eigenvalue weighted by molar-refractivity contribution is 5.90. The molecule has 0 unspecified atom stereocenters. The zero-order valence-electron chi connectivity index (χ0n) is 26.9. The summed E-state index contributed by atoms with van der Waals surface area (Å²) in [7, 11) is 0. The van der Waals surface area contributed by atoms with E-state index in [0.29, 0.717) is 0 Å². The predicted molar refractivity (Wildman–Crippen MR) is 161 cm³/mol. The van der Waals surface area contributed by atoms with Gasteiger partial charge in [-0.3, -0.25) is 0 Å². The minimum absolute atomic E-state index is 0.0494. The molecule has 3 fully saturated rings. The summed E-state index contributed by atoms with van der Waals surface area (Å²) in [5.41, 5.74) is 0.152. The lowest BCUT2D eigenvalue weighted by Gasteiger charge is -2.43. The van der Waals surface area contributed by atoms with Gasteiger partial charge in [0.15, 0.2) is 12.6 Å². The van der Waals surface area contributed by atoms with Gasteiger partial charge in [-0.05, 0) is 12.8 Å². The molecule has 8 N–H and O–H groups in total. The van der Waals surface area contributed by atoms with Crippen molar-refractivity contribution in [3.63, 3.8) is 0 Å². The fraction of sp³-hybridized carbons (Fsp3) is 0.688. The molecule has 0 aliphatic carbocycles. The molecule has 0 bridgehead atoms. The van der Waals surface area contributed by atoms with Crippen LogP contribution in [0.25, 0.3) is 0 Å². The lowest BCUT2D eigenvalue weighted by atomic mass is 9.81. The van der Waals surface area contributed by atoms with Gasteiger partial charge in [0.2, 0.25) is 12.6 Å². The van der Waals surface area contributed by atoms with E-state index in [4.69, 9.17) is 37.9 Å². The van der Waals surface area contributed by atoms with Crippen LogP contribution in [-0.2, 0) is 47.5 Å². The lowest BCUT2D eigenvalue weighted by Crippen LogP contribution is -2.60. The van der Waals surface area contributed by atoms with Crippen LogP contribution >= 0.6 is 0 Å². The van der Waals surface area contributed by atoms with Crippen LogP contribution in [0.1, 0.15) is 12.8 Å². The molecular formula is C32H44O18. The number of hydrogen-bond donors (Lipinski definition) is 8. The Balaban J connectivity index is 1.30. The number of hydrogen-bond acceptors (Lipinski definition) is 18. The van der Waals surface area contributed by atoms with Crippen LogP contribution in [0.4, 0.5) is 0 Å². The highest BCUT2D eigenvalue weighted by Crippen LogP contribution is 2.40. The smallest absolute Gasteiger partial charge is 0.337 e. The molecule has 5 aliphatic heterocycles. The number of aliphatic hydroxyl groups excluding tert-OH is 8. The summed E-state index contributed by atoms with van der Waals surface area (Å²) in [4.78, 5) is 26.8. The molecule has 280 valence electrons. The third kappa shape index (κ3) is 7.62. The van der Waals surface area contributed by atoms with Gasteiger partial charge < -0.3 is 78.7 Å². The number of cyclic esters (lactones) is 2. The number of carbonyl (C=O) groups is 2. The van der Waals surface area contributed by atoms with Crippen LogP contribution in [0, 0.1) is 23.7 Å². The van der Waals surface area contributed by atoms with Crippen LogP contribution in [0.5, 0.6) is 0 Å². The minimum Gasteiger partial charge on any atom is -0.471 e. The normalized spacial score (nSPS) is 44.2. The summed E-state index contributed by atoms with van der Waals surface area (Å²) in [6, 6.07) is 0. The molecular weight excluding hydrogens is 672 g/mol. The first kappa shape index (κ1) is 38.3. The summed E-state index contributed by atoms with van der Waals surface area (Å²) >= 11 is 0. The van der Waals surface area contributed by atoms with E-state index in [1.807, 2.05) is 0 Å². The molecule has 0 aromatic heterocycles. The van der Waals surface area contributed by atoms with Crippen LogP contribution in [0.3, 0.4) is 0 Å². The van der Waals surface area contributed by atoms with Crippen molar-refractivity contribution in [1.29, 1.82) is 0 Å². The average molecular weight is 717 g/mol. The van der Waals surface area contributed by atoms with Crippen LogP contribution < -0.4 is 0 Å². The van der Waals surface area contributed by atoms with Crippen molar-refractivity contribution in [2.75, 3.05) is 26.4 Å². The first-order chi connectivity index (χ1) is 23.9. The number of ether oxygens (including phenoxy) is 8. The highest BCUT2D eigenvalue weighted by atomic mass is 16.8. The first-order valence-electron chi connectivity index (χ1n) is 16.2. The van der Waals surface area contributed by atoms with Crippen LogP contribution in [-0.4, -0.2) is 153 Å². The Kier molecular flexibility index (Phi) is 12.7. The Labute approximate surface area is 286 Å². The fourth-order valence-corrected chi connectivity index (χ4v) is 6.67. The summed E-state index contributed by atoms with van der Waals surface area (Å²) in [5.74, 6) is -4.57. The standard InChI is InChI=1S/C32H44O18/c1-3-13-15-5-7-43-28(42)18-12-46-30(50-32-26(40)24(38)22(36)20(10-34)48-32)14(4-2)16(18)6-8-44-27(41)17(15)11-45-29(13)49-31-25(39)23(37)21(35)19(9-33)47-31/h3-4,11-16,19-26,29-40H,1-2,5-10H2/t13-,14-,15+,16+,19-,20-,21-,22-,23+,24+,25-,26-,29+,30+,31+,32+/m1/s1. The maximum absolute atomic E-state index is 13.4. The molecule has 0 aromatic carbocycles. The fourth-order valence-electron chi connectivity index (χ4n) is 6.67. The molecule has 0 aromatic rings. The van der Waals surface area contributed by atoms with Crippen molar-refractivity contribution in [3.8, 4) is 0 Å². The lowest BCUT2D eigenvalue weighted by molar-refractivity contribution is -0.339. The van der Waals surface area contributed by atoms with Gasteiger partial charge >= 0.3 is 11.9 Å². The quantitative estimate of drug-likeness (QED) is 0.0908. The first-order valence-corrected chi connectivity index (χ1v) is 16.2. The number of carbonyl (C=O) groups excluding carboxylic acids is 2. The average Bonchev–Trinajstić information content (AvgIpc) is 3.11. The van der Waals surface area contributed by atoms with Crippen molar-refractivity contribution in [3.05, 3.63) is 49.0 Å². The Morgan fingerprint density at radius 1 is 0.620 bits per heavy atom. The second-order valence-corrected chi connectivity index (χ2v) is 12.5. The molecule has 0 radical (unpaired) electrons. The molecule has 16 atom stereocenters. The maximum atomic E-state index is 13.4. The van der Waals surface area contributed by atoms with E-state index in [1.165, 1.54) is 12.2 Å². The van der Waals surface area contributed by atoms with Crippen molar-refractivity contribution in [2.24, 2.45) is 23.7 Å². The van der Waals surface area contributed by atoms with Gasteiger partial charge in [0.05, 0.1) is 50.1 Å². The molecule has 0 spiro atoms. The summed E-state index contributed by atoms with van der Waals surface area (Å²) in [5, 5.41) is 80.5. The largest absolute Gasteiger partial charge is 0.471 e. The summed E-state index contributed by atoms with van der Waals surface area (Å²) in [6.45, 7) is 5.87. The van der Waals surface area contributed by atoms with Crippen molar-refractivity contribution < 1.29 is 88.3 Å². The second kappa shape index (κ2) is 16.6. The van der Waals surface area contributed by atoms with Crippen LogP contribution in [0.2, 0.25) is 0 Å². The molecule has 5 aliphatic rings. The molecule has 5 rings (SSSR count). The zero-order chi connectivity index (χ0) is 36.3. The Morgan fingerprint density at radius 2 is 1.00 bits per heavy atom. The molecule has 18 nitrogen and oxygen atoms in total. The molecule has 18 heteroatoms. The minimum atomic E-state index is -1.71. The van der Waals surface area contributed by atoms with Crippen molar-refractivity contribution in [2.45, 2.75) is 86.8 Å². The topological polar surface area (TPSA) is 270 Å². The molecule has 3 saturated heterocycles. The Morgan fingerprint density at radius 3 is 1.34 bits per heavy atom.